The highest BCUT2D eigenvalue weighted by molar-refractivity contribution is 7.80. The minimum absolute atomic E-state index is 0.0127. The van der Waals surface area contributed by atoms with Gasteiger partial charge in [-0.05, 0) is 41.9 Å². The predicted octanol–water partition coefficient (Wildman–Crippen LogP) is 3.90. The highest BCUT2D eigenvalue weighted by Crippen LogP contribution is 2.29. The quantitative estimate of drug-likeness (QED) is 0.0851. The van der Waals surface area contributed by atoms with Crippen LogP contribution >= 0.6 is 12.6 Å². The maximum absolute atomic E-state index is 14.2. The maximum Gasteiger partial charge on any atom is 0.303 e. The van der Waals surface area contributed by atoms with Crippen LogP contribution in [0, 0.1) is 5.92 Å². The number of carbonyl (C=O) groups excluding carboxylic acids is 5. The summed E-state index contributed by atoms with van der Waals surface area (Å²) < 4.78 is 0. The molecule has 5 amide bonds. The van der Waals surface area contributed by atoms with E-state index in [1.807, 2.05) is 91.0 Å². The molecule has 6 N–H and O–H groups in total. The topological polar surface area (TPSA) is 183 Å². The lowest BCUT2D eigenvalue weighted by atomic mass is 9.84. The number of nitrogens with one attached hydrogen (secondary N) is 5. The van der Waals surface area contributed by atoms with Crippen LogP contribution in [0.25, 0.3) is 0 Å². The van der Waals surface area contributed by atoms with Crippen molar-refractivity contribution < 1.29 is 33.9 Å². The number of carbonyl (C=O) groups is 6. The molecule has 0 aliphatic heterocycles. The van der Waals surface area contributed by atoms with Gasteiger partial charge >= 0.3 is 5.97 Å². The average molecular weight is 772 g/mol. The maximum atomic E-state index is 14.2. The first-order valence-corrected chi connectivity index (χ1v) is 19.6. The number of benzene rings is 3. The van der Waals surface area contributed by atoms with Crippen molar-refractivity contribution in [3.05, 3.63) is 108 Å². The average Bonchev–Trinajstić information content (AvgIpc) is 3.19. The van der Waals surface area contributed by atoms with Gasteiger partial charge in [0.2, 0.25) is 29.5 Å². The van der Waals surface area contributed by atoms with Crippen LogP contribution in [-0.2, 0) is 35.2 Å². The molecule has 294 valence electrons. The lowest BCUT2D eigenvalue weighted by Crippen LogP contribution is -2.59. The van der Waals surface area contributed by atoms with Crippen LogP contribution in [0.1, 0.15) is 80.9 Å². The molecule has 1 aliphatic rings. The van der Waals surface area contributed by atoms with Gasteiger partial charge in [0.15, 0.2) is 0 Å². The van der Waals surface area contributed by atoms with Crippen molar-refractivity contribution in [2.24, 2.45) is 5.92 Å². The molecule has 0 heterocycles. The Labute approximate surface area is 328 Å². The number of hydrogen-bond donors (Lipinski definition) is 7. The zero-order valence-corrected chi connectivity index (χ0v) is 32.1. The van der Waals surface area contributed by atoms with Crippen molar-refractivity contribution in [1.82, 2.24) is 26.6 Å². The standard InChI is InChI=1S/C42H53N5O7S/c1-28(48)44-38(37(31-18-10-4-11-19-31)32-20-12-5-13-21-32)42(54)45-33(22-23-36(49)50)40(52)46-34(26-30-16-8-3-9-17-30)41(53)47-35(27-55)39(51)43-25-24-29-14-6-2-7-15-29/h2,4-7,10-15,18-21,30,33-35,37-38,55H,3,8-9,16-17,22-27H2,1H3,(H,43,51)(H,44,48)(H,45,54)(H,46,52)(H,47,53)(H,49,50)/t33-,34-,35-,38-/m0/s1. The Morgan fingerprint density at radius 3 is 1.75 bits per heavy atom. The molecular formula is C42H53N5O7S. The van der Waals surface area contributed by atoms with Gasteiger partial charge in [-0.3, -0.25) is 28.8 Å². The number of carboxylic acids is 1. The van der Waals surface area contributed by atoms with E-state index in [9.17, 15) is 33.9 Å². The van der Waals surface area contributed by atoms with E-state index in [0.29, 0.717) is 19.4 Å². The molecule has 1 saturated carbocycles. The molecule has 4 rings (SSSR count). The van der Waals surface area contributed by atoms with Gasteiger partial charge < -0.3 is 31.7 Å². The highest BCUT2D eigenvalue weighted by Gasteiger charge is 2.36. The van der Waals surface area contributed by atoms with Gasteiger partial charge in [-0.2, -0.15) is 12.6 Å². The molecule has 0 aromatic heterocycles. The smallest absolute Gasteiger partial charge is 0.303 e. The summed E-state index contributed by atoms with van der Waals surface area (Å²) in [5.41, 5.74) is 2.52. The second kappa shape index (κ2) is 22.3. The van der Waals surface area contributed by atoms with Crippen LogP contribution in [-0.4, -0.2) is 77.1 Å². The summed E-state index contributed by atoms with van der Waals surface area (Å²) in [6, 6.07) is 23.4. The molecule has 0 saturated heterocycles. The molecule has 1 aliphatic carbocycles. The van der Waals surface area contributed by atoms with Crippen molar-refractivity contribution in [3.8, 4) is 0 Å². The Balaban J connectivity index is 1.55. The number of thiol groups is 1. The monoisotopic (exact) mass is 771 g/mol. The summed E-state index contributed by atoms with van der Waals surface area (Å²) in [4.78, 5) is 79.6. The van der Waals surface area contributed by atoms with Crippen molar-refractivity contribution in [3.63, 3.8) is 0 Å². The molecule has 3 aromatic rings. The Hall–Kier alpha value is -5.17. The van der Waals surface area contributed by atoms with Crippen molar-refractivity contribution in [1.29, 1.82) is 0 Å². The van der Waals surface area contributed by atoms with Crippen molar-refractivity contribution in [2.45, 2.75) is 94.8 Å². The molecule has 0 radical (unpaired) electrons. The number of aliphatic carboxylic acids is 1. The molecule has 55 heavy (non-hydrogen) atoms. The van der Waals surface area contributed by atoms with Crippen LogP contribution in [0.4, 0.5) is 0 Å². The second-order valence-corrected chi connectivity index (χ2v) is 14.4. The van der Waals surface area contributed by atoms with E-state index in [-0.39, 0.29) is 18.1 Å². The predicted molar refractivity (Wildman–Crippen MR) is 213 cm³/mol. The SMILES string of the molecule is CC(=O)N[C@H](C(=O)N[C@@H](CCC(=O)O)C(=O)N[C@@H](CC1CCCCC1)C(=O)N[C@@H](CS)C(=O)NCCc1ccccc1)C(c1ccccc1)c1ccccc1. The largest absolute Gasteiger partial charge is 0.481 e. The lowest BCUT2D eigenvalue weighted by molar-refractivity contribution is -0.138. The van der Waals surface area contributed by atoms with E-state index in [4.69, 9.17) is 0 Å². The van der Waals surface area contributed by atoms with Gasteiger partial charge in [-0.1, -0.05) is 123 Å². The summed E-state index contributed by atoms with van der Waals surface area (Å²) >= 11 is 4.32. The van der Waals surface area contributed by atoms with E-state index in [0.717, 1.165) is 48.8 Å². The fourth-order valence-corrected chi connectivity index (χ4v) is 7.30. The Bertz CT molecular complexity index is 1670. The molecule has 3 aromatic carbocycles. The van der Waals surface area contributed by atoms with Gasteiger partial charge in [0.25, 0.3) is 0 Å². The van der Waals surface area contributed by atoms with Crippen LogP contribution in [0.2, 0.25) is 0 Å². The number of amides is 5. The first-order chi connectivity index (χ1) is 26.5. The zero-order chi connectivity index (χ0) is 39.6. The number of carboxylic acid groups (broad SMARTS) is 1. The molecule has 1 fully saturated rings. The fourth-order valence-electron chi connectivity index (χ4n) is 7.04. The summed E-state index contributed by atoms with van der Waals surface area (Å²) in [6.07, 6.45) is 4.96. The van der Waals surface area contributed by atoms with Gasteiger partial charge in [0.05, 0.1) is 0 Å². The normalized spacial score (nSPS) is 15.1. The van der Waals surface area contributed by atoms with E-state index in [2.05, 4.69) is 39.2 Å². The summed E-state index contributed by atoms with van der Waals surface area (Å²) in [5, 5.41) is 23.4. The van der Waals surface area contributed by atoms with Gasteiger partial charge in [0, 0.05) is 31.6 Å². The first-order valence-electron chi connectivity index (χ1n) is 19.0. The minimum Gasteiger partial charge on any atom is -0.481 e. The van der Waals surface area contributed by atoms with E-state index in [1.54, 1.807) is 0 Å². The molecule has 13 heteroatoms. The third-order valence-electron chi connectivity index (χ3n) is 9.87. The molecule has 12 nitrogen and oxygen atoms in total. The second-order valence-electron chi connectivity index (χ2n) is 14.0. The van der Waals surface area contributed by atoms with Crippen LogP contribution in [0.5, 0.6) is 0 Å². The van der Waals surface area contributed by atoms with E-state index in [1.165, 1.54) is 6.92 Å². The van der Waals surface area contributed by atoms with Crippen molar-refractivity contribution >= 4 is 48.1 Å². The minimum atomic E-state index is -1.37. The van der Waals surface area contributed by atoms with Gasteiger partial charge in [-0.15, -0.1) is 0 Å². The molecule has 0 unspecified atom stereocenters. The third kappa shape index (κ3) is 13.9. The number of hydrogen-bond acceptors (Lipinski definition) is 7. The Morgan fingerprint density at radius 2 is 1.20 bits per heavy atom. The molecule has 0 bridgehead atoms. The summed E-state index contributed by atoms with van der Waals surface area (Å²) in [7, 11) is 0. The molecular weight excluding hydrogens is 719 g/mol. The van der Waals surface area contributed by atoms with Crippen LogP contribution in [0.15, 0.2) is 91.0 Å². The Kier molecular flexibility index (Phi) is 17.2. The molecule has 4 atom stereocenters. The Morgan fingerprint density at radius 1 is 0.673 bits per heavy atom. The zero-order valence-electron chi connectivity index (χ0n) is 31.2. The van der Waals surface area contributed by atoms with Gasteiger partial charge in [-0.25, -0.2) is 0 Å². The van der Waals surface area contributed by atoms with Crippen LogP contribution in [0.3, 0.4) is 0 Å². The fraction of sp³-hybridized carbons (Fsp3) is 0.429. The first kappa shape index (κ1) is 42.6. The van der Waals surface area contributed by atoms with Crippen molar-refractivity contribution in [2.75, 3.05) is 12.3 Å². The van der Waals surface area contributed by atoms with E-state index >= 15 is 0 Å². The van der Waals surface area contributed by atoms with Crippen LogP contribution < -0.4 is 26.6 Å². The summed E-state index contributed by atoms with van der Waals surface area (Å²) in [5.74, 6) is -4.61. The lowest BCUT2D eigenvalue weighted by Gasteiger charge is -2.31. The third-order valence-corrected chi connectivity index (χ3v) is 10.2. The summed E-state index contributed by atoms with van der Waals surface area (Å²) in [6.45, 7) is 1.64. The van der Waals surface area contributed by atoms with E-state index < -0.39 is 72.0 Å². The number of rotatable bonds is 20. The molecule has 0 spiro atoms. The highest BCUT2D eigenvalue weighted by atomic mass is 32.1. The van der Waals surface area contributed by atoms with Gasteiger partial charge in [0.1, 0.15) is 24.2 Å².